The standard InChI is InChI=1S/C14H15BrN2O6S/c1-8(18)22-14-11(19)12(9-3-2-5-16-7-9)23-13(14)10(15)4-6-17-24(20)21/h2-3,5,7,10,17,19H,4,6H2,1H3,(H,20,21). The fourth-order valence-corrected chi connectivity index (χ4v) is 2.79. The Kier molecular flexibility index (Phi) is 6.49. The zero-order chi connectivity index (χ0) is 17.7. The van der Waals surface area contributed by atoms with Crippen LogP contribution < -0.4 is 9.46 Å². The number of nitrogens with one attached hydrogen (secondary N) is 1. The van der Waals surface area contributed by atoms with Gasteiger partial charge in [0.05, 0.1) is 4.83 Å². The van der Waals surface area contributed by atoms with Gasteiger partial charge in [0.1, 0.15) is 0 Å². The number of hydrogen-bond donors (Lipinski definition) is 3. The average Bonchev–Trinajstić information content (AvgIpc) is 2.84. The van der Waals surface area contributed by atoms with Crippen LogP contribution in [0.3, 0.4) is 0 Å². The summed E-state index contributed by atoms with van der Waals surface area (Å²) in [6.07, 6.45) is 3.42. The van der Waals surface area contributed by atoms with Crippen LogP contribution in [0.5, 0.6) is 11.5 Å². The van der Waals surface area contributed by atoms with Gasteiger partial charge in [0.2, 0.25) is 22.8 Å². The molecule has 3 N–H and O–H groups in total. The van der Waals surface area contributed by atoms with Crippen LogP contribution in [0, 0.1) is 0 Å². The molecule has 0 spiro atoms. The molecule has 0 aliphatic carbocycles. The van der Waals surface area contributed by atoms with Gasteiger partial charge in [0.15, 0.2) is 11.5 Å². The molecule has 0 aliphatic rings. The Morgan fingerprint density at radius 1 is 1.58 bits per heavy atom. The van der Waals surface area contributed by atoms with Gasteiger partial charge < -0.3 is 14.3 Å². The van der Waals surface area contributed by atoms with E-state index in [-0.39, 0.29) is 29.6 Å². The van der Waals surface area contributed by atoms with Gasteiger partial charge in [-0.15, -0.1) is 0 Å². The Morgan fingerprint density at radius 2 is 2.33 bits per heavy atom. The number of aromatic nitrogens is 1. The summed E-state index contributed by atoms with van der Waals surface area (Å²) in [6.45, 7) is 1.40. The number of esters is 1. The van der Waals surface area contributed by atoms with Crippen molar-refractivity contribution >= 4 is 33.2 Å². The van der Waals surface area contributed by atoms with Crippen LogP contribution in [-0.4, -0.2) is 31.4 Å². The Morgan fingerprint density at radius 3 is 2.92 bits per heavy atom. The maximum absolute atomic E-state index is 11.3. The highest BCUT2D eigenvalue weighted by Crippen LogP contribution is 2.47. The number of carbonyl (C=O) groups excluding carboxylic acids is 1. The predicted molar refractivity (Wildman–Crippen MR) is 90.0 cm³/mol. The molecule has 8 nitrogen and oxygen atoms in total. The Bertz CT molecular complexity index is 736. The third-order valence-corrected chi connectivity index (χ3v) is 4.27. The summed E-state index contributed by atoms with van der Waals surface area (Å²) in [6, 6.07) is 3.36. The first-order valence-electron chi connectivity index (χ1n) is 6.83. The highest BCUT2D eigenvalue weighted by atomic mass is 79.9. The van der Waals surface area contributed by atoms with Gasteiger partial charge in [-0.1, -0.05) is 15.9 Å². The minimum Gasteiger partial charge on any atom is -0.502 e. The van der Waals surface area contributed by atoms with Crippen LogP contribution in [0.2, 0.25) is 0 Å². The molecule has 2 aromatic rings. The van der Waals surface area contributed by atoms with E-state index >= 15 is 0 Å². The van der Waals surface area contributed by atoms with Crippen LogP contribution in [0.15, 0.2) is 28.9 Å². The quantitative estimate of drug-likeness (QED) is 0.358. The number of carbonyl (C=O) groups is 1. The van der Waals surface area contributed by atoms with Crippen molar-refractivity contribution in [2.45, 2.75) is 18.2 Å². The molecule has 0 saturated heterocycles. The third-order valence-electron chi connectivity index (χ3n) is 2.94. The van der Waals surface area contributed by atoms with E-state index in [0.717, 1.165) is 0 Å². The van der Waals surface area contributed by atoms with Crippen molar-refractivity contribution in [3.8, 4) is 22.8 Å². The first-order valence-corrected chi connectivity index (χ1v) is 8.85. The first kappa shape index (κ1) is 18.6. The predicted octanol–water partition coefficient (Wildman–Crippen LogP) is 2.52. The summed E-state index contributed by atoms with van der Waals surface area (Å²) in [5.41, 5.74) is 0.518. The minimum atomic E-state index is -2.13. The lowest BCUT2D eigenvalue weighted by atomic mass is 10.2. The van der Waals surface area contributed by atoms with Crippen LogP contribution in [0.1, 0.15) is 23.9 Å². The van der Waals surface area contributed by atoms with Crippen LogP contribution in [0.25, 0.3) is 11.3 Å². The fraction of sp³-hybridized carbons (Fsp3) is 0.286. The maximum atomic E-state index is 11.3. The number of aromatic hydroxyl groups is 1. The van der Waals surface area contributed by atoms with Gasteiger partial charge in [0.25, 0.3) is 0 Å². The van der Waals surface area contributed by atoms with E-state index in [1.165, 1.54) is 13.1 Å². The molecule has 2 atom stereocenters. The Balaban J connectivity index is 2.34. The van der Waals surface area contributed by atoms with Crippen LogP contribution in [-0.2, 0) is 16.1 Å². The zero-order valence-corrected chi connectivity index (χ0v) is 15.0. The summed E-state index contributed by atoms with van der Waals surface area (Å²) in [7, 11) is 0. The number of pyridine rings is 1. The second kappa shape index (κ2) is 8.38. The number of furan rings is 1. The molecule has 0 saturated carbocycles. The van der Waals surface area contributed by atoms with E-state index in [1.807, 2.05) is 0 Å². The van der Waals surface area contributed by atoms with Crippen molar-refractivity contribution in [3.05, 3.63) is 30.3 Å². The largest absolute Gasteiger partial charge is 0.502 e. The van der Waals surface area contributed by atoms with Gasteiger partial charge in [-0.2, -0.15) is 0 Å². The SMILES string of the molecule is CC(=O)Oc1c(C(Br)CCNS(=O)O)oc(-c2cccnc2)c1O. The third kappa shape index (κ3) is 4.63. The molecule has 0 radical (unpaired) electrons. The maximum Gasteiger partial charge on any atom is 0.308 e. The van der Waals surface area contributed by atoms with Crippen molar-refractivity contribution in [2.75, 3.05) is 6.54 Å². The van der Waals surface area contributed by atoms with E-state index in [1.54, 1.807) is 18.3 Å². The van der Waals surface area contributed by atoms with Crippen molar-refractivity contribution in [1.29, 1.82) is 0 Å². The number of ether oxygens (including phenoxy) is 1. The van der Waals surface area contributed by atoms with Crippen molar-refractivity contribution < 1.29 is 27.8 Å². The summed E-state index contributed by atoms with van der Waals surface area (Å²) in [5, 5.41) is 10.4. The smallest absolute Gasteiger partial charge is 0.308 e. The molecule has 2 heterocycles. The fourth-order valence-electron chi connectivity index (χ4n) is 1.97. The second-order valence-corrected chi connectivity index (χ2v) is 6.60. The number of alkyl halides is 1. The molecule has 2 unspecified atom stereocenters. The summed E-state index contributed by atoms with van der Waals surface area (Å²) >= 11 is 1.24. The van der Waals surface area contributed by atoms with Gasteiger partial charge in [-0.3, -0.25) is 14.3 Å². The normalized spacial score (nSPS) is 13.5. The topological polar surface area (TPSA) is 122 Å². The lowest BCUT2D eigenvalue weighted by Crippen LogP contribution is -2.18. The summed E-state index contributed by atoms with van der Waals surface area (Å²) in [4.78, 5) is 14.8. The highest BCUT2D eigenvalue weighted by Gasteiger charge is 2.28. The molecule has 0 bridgehead atoms. The van der Waals surface area contributed by atoms with E-state index in [0.29, 0.717) is 12.0 Å². The van der Waals surface area contributed by atoms with E-state index < -0.39 is 22.1 Å². The lowest BCUT2D eigenvalue weighted by Gasteiger charge is -2.08. The lowest BCUT2D eigenvalue weighted by molar-refractivity contribution is -0.132. The molecule has 0 aliphatic heterocycles. The highest BCUT2D eigenvalue weighted by molar-refractivity contribution is 9.09. The second-order valence-electron chi connectivity index (χ2n) is 4.71. The molecular weight excluding hydrogens is 404 g/mol. The first-order chi connectivity index (χ1) is 11.4. The molecule has 2 aromatic heterocycles. The van der Waals surface area contributed by atoms with Gasteiger partial charge in [0, 0.05) is 31.4 Å². The van der Waals surface area contributed by atoms with Gasteiger partial charge in [-0.05, 0) is 18.6 Å². The Hall–Kier alpha value is -1.75. The Labute approximate surface area is 148 Å². The number of hydrogen-bond acceptors (Lipinski definition) is 6. The molecule has 130 valence electrons. The van der Waals surface area contributed by atoms with Crippen molar-refractivity contribution in [1.82, 2.24) is 9.71 Å². The molecule has 10 heteroatoms. The van der Waals surface area contributed by atoms with Crippen molar-refractivity contribution in [2.24, 2.45) is 0 Å². The molecule has 0 aromatic carbocycles. The average molecular weight is 419 g/mol. The molecule has 0 amide bonds. The zero-order valence-electron chi connectivity index (χ0n) is 12.6. The van der Waals surface area contributed by atoms with Crippen molar-refractivity contribution in [3.63, 3.8) is 0 Å². The van der Waals surface area contributed by atoms with E-state index in [9.17, 15) is 14.1 Å². The molecule has 2 rings (SSSR count). The van der Waals surface area contributed by atoms with E-state index in [2.05, 4.69) is 25.6 Å². The summed E-state index contributed by atoms with van der Waals surface area (Å²) < 4.78 is 32.4. The van der Waals surface area contributed by atoms with Gasteiger partial charge in [-0.25, -0.2) is 8.93 Å². The van der Waals surface area contributed by atoms with Crippen LogP contribution in [0.4, 0.5) is 0 Å². The monoisotopic (exact) mass is 418 g/mol. The molecule has 0 fully saturated rings. The minimum absolute atomic E-state index is 0.0895. The summed E-state index contributed by atoms with van der Waals surface area (Å²) in [5.74, 6) is -0.686. The number of halogens is 1. The van der Waals surface area contributed by atoms with E-state index in [4.69, 9.17) is 13.7 Å². The van der Waals surface area contributed by atoms with Gasteiger partial charge >= 0.3 is 5.97 Å². The number of nitrogens with zero attached hydrogens (tertiary/aromatic N) is 1. The van der Waals surface area contributed by atoms with Crippen LogP contribution >= 0.6 is 15.9 Å². The number of rotatable bonds is 7. The molecule has 24 heavy (non-hydrogen) atoms. The molecular formula is C14H15BrN2O6S.